The highest BCUT2D eigenvalue weighted by Crippen LogP contribution is 2.15. The zero-order valence-corrected chi connectivity index (χ0v) is 14.7. The van der Waals surface area contributed by atoms with Gasteiger partial charge in [0.25, 0.3) is 0 Å². The fraction of sp³-hybridized carbons (Fsp3) is 0.533. The van der Waals surface area contributed by atoms with Crippen LogP contribution in [-0.2, 0) is 4.79 Å². The normalized spacial score (nSPS) is 15.4. The second-order valence-electron chi connectivity index (χ2n) is 5.17. The van der Waals surface area contributed by atoms with E-state index in [0.717, 1.165) is 44.2 Å². The van der Waals surface area contributed by atoms with Gasteiger partial charge < -0.3 is 19.9 Å². The smallest absolute Gasteiger partial charge is 0.225 e. The highest BCUT2D eigenvalue weighted by molar-refractivity contribution is 5.90. The first-order valence-electron chi connectivity index (χ1n) is 7.02. The fourth-order valence-corrected chi connectivity index (χ4v) is 2.23. The van der Waals surface area contributed by atoms with Crippen LogP contribution in [0, 0.1) is 0 Å². The fourth-order valence-electron chi connectivity index (χ4n) is 2.23. The standard InChI is InChI=1S/C15H23N3O2.2ClH/c1-17-9-11-18(12-10-17)8-7-15(19)16-13-3-5-14(20-2)6-4-13;;/h3-6H,7-12H2,1-2H3,(H,16,19);2*1H. The van der Waals surface area contributed by atoms with Crippen molar-refractivity contribution in [2.45, 2.75) is 6.42 Å². The number of likely N-dealkylation sites (N-methyl/N-ethyl adjacent to an activating group) is 1. The van der Waals surface area contributed by atoms with Gasteiger partial charge in [-0.2, -0.15) is 0 Å². The number of piperazine rings is 1. The van der Waals surface area contributed by atoms with Gasteiger partial charge >= 0.3 is 0 Å². The molecule has 1 aliphatic rings. The molecular weight excluding hydrogens is 325 g/mol. The van der Waals surface area contributed by atoms with Crippen molar-refractivity contribution in [2.75, 3.05) is 52.2 Å². The second kappa shape index (κ2) is 10.7. The molecule has 1 saturated heterocycles. The molecule has 1 aromatic carbocycles. The summed E-state index contributed by atoms with van der Waals surface area (Å²) in [6.45, 7) is 5.09. The molecule has 1 aromatic rings. The summed E-state index contributed by atoms with van der Waals surface area (Å²) >= 11 is 0. The number of nitrogens with one attached hydrogen (secondary N) is 1. The molecule has 0 aliphatic carbocycles. The van der Waals surface area contributed by atoms with Crippen molar-refractivity contribution < 1.29 is 9.53 Å². The first kappa shape index (κ1) is 21.0. The lowest BCUT2D eigenvalue weighted by Gasteiger charge is -2.32. The topological polar surface area (TPSA) is 44.8 Å². The summed E-state index contributed by atoms with van der Waals surface area (Å²) in [4.78, 5) is 16.5. The number of amides is 1. The van der Waals surface area contributed by atoms with Gasteiger partial charge in [0.1, 0.15) is 5.75 Å². The molecule has 0 spiro atoms. The average Bonchev–Trinajstić information content (AvgIpc) is 2.47. The molecule has 5 nitrogen and oxygen atoms in total. The molecule has 1 N–H and O–H groups in total. The first-order valence-corrected chi connectivity index (χ1v) is 7.02. The average molecular weight is 350 g/mol. The predicted octanol–water partition coefficient (Wildman–Crippen LogP) is 2.11. The lowest BCUT2D eigenvalue weighted by Crippen LogP contribution is -2.45. The molecule has 0 aromatic heterocycles. The molecule has 0 unspecified atom stereocenters. The Bertz CT molecular complexity index is 435. The van der Waals surface area contributed by atoms with Crippen LogP contribution in [0.15, 0.2) is 24.3 Å². The van der Waals surface area contributed by atoms with Gasteiger partial charge in [0.05, 0.1) is 7.11 Å². The summed E-state index contributed by atoms with van der Waals surface area (Å²) in [5, 5.41) is 2.91. The van der Waals surface area contributed by atoms with Crippen molar-refractivity contribution in [1.82, 2.24) is 9.80 Å². The van der Waals surface area contributed by atoms with Crippen molar-refractivity contribution in [3.63, 3.8) is 0 Å². The summed E-state index contributed by atoms with van der Waals surface area (Å²) in [7, 11) is 3.76. The largest absolute Gasteiger partial charge is 0.497 e. The summed E-state index contributed by atoms with van der Waals surface area (Å²) < 4.78 is 5.09. The van der Waals surface area contributed by atoms with Gasteiger partial charge in [-0.1, -0.05) is 0 Å². The minimum absolute atomic E-state index is 0. The van der Waals surface area contributed by atoms with Crippen molar-refractivity contribution in [3.8, 4) is 5.75 Å². The number of ether oxygens (including phenoxy) is 1. The van der Waals surface area contributed by atoms with Crippen molar-refractivity contribution in [1.29, 1.82) is 0 Å². The summed E-state index contributed by atoms with van der Waals surface area (Å²) in [6.07, 6.45) is 0.537. The summed E-state index contributed by atoms with van der Waals surface area (Å²) in [5.41, 5.74) is 0.814. The molecule has 1 amide bonds. The molecule has 0 radical (unpaired) electrons. The number of carbonyl (C=O) groups is 1. The number of hydrogen-bond donors (Lipinski definition) is 1. The van der Waals surface area contributed by atoms with Crippen LogP contribution in [0.2, 0.25) is 0 Å². The number of halogens is 2. The molecule has 22 heavy (non-hydrogen) atoms. The highest BCUT2D eigenvalue weighted by Gasteiger charge is 2.14. The highest BCUT2D eigenvalue weighted by atomic mass is 35.5. The Kier molecular flexibility index (Phi) is 10.2. The SMILES string of the molecule is COc1ccc(NC(=O)CCN2CCN(C)CC2)cc1.Cl.Cl. The van der Waals surface area contributed by atoms with E-state index in [-0.39, 0.29) is 30.7 Å². The number of hydrogen-bond acceptors (Lipinski definition) is 4. The minimum atomic E-state index is 0. The van der Waals surface area contributed by atoms with Gasteiger partial charge in [-0.25, -0.2) is 0 Å². The molecule has 2 rings (SSSR count). The molecule has 1 aliphatic heterocycles. The number of anilines is 1. The monoisotopic (exact) mass is 349 g/mol. The first-order chi connectivity index (χ1) is 9.67. The van der Waals surface area contributed by atoms with E-state index in [0.29, 0.717) is 6.42 Å². The third-order valence-electron chi connectivity index (χ3n) is 3.62. The third-order valence-corrected chi connectivity index (χ3v) is 3.62. The van der Waals surface area contributed by atoms with E-state index >= 15 is 0 Å². The number of carbonyl (C=O) groups excluding carboxylic acids is 1. The van der Waals surface area contributed by atoms with Gasteiger partial charge in [0, 0.05) is 44.8 Å². The van der Waals surface area contributed by atoms with Gasteiger partial charge in [0.15, 0.2) is 0 Å². The Morgan fingerprint density at radius 3 is 2.27 bits per heavy atom. The molecule has 126 valence electrons. The number of nitrogens with zero attached hydrogens (tertiary/aromatic N) is 2. The van der Waals surface area contributed by atoms with E-state index in [2.05, 4.69) is 22.2 Å². The third kappa shape index (κ3) is 6.83. The van der Waals surface area contributed by atoms with E-state index < -0.39 is 0 Å². The Hall–Kier alpha value is -1.01. The minimum Gasteiger partial charge on any atom is -0.497 e. The molecule has 1 heterocycles. The molecule has 0 atom stereocenters. The Morgan fingerprint density at radius 1 is 1.14 bits per heavy atom. The number of benzene rings is 1. The van der Waals surface area contributed by atoms with Crippen molar-refractivity contribution >= 4 is 36.4 Å². The van der Waals surface area contributed by atoms with E-state index in [1.54, 1.807) is 7.11 Å². The van der Waals surface area contributed by atoms with E-state index in [1.807, 2.05) is 24.3 Å². The molecule has 0 bridgehead atoms. The maximum absolute atomic E-state index is 11.9. The van der Waals surface area contributed by atoms with Crippen LogP contribution in [0.3, 0.4) is 0 Å². The number of rotatable bonds is 5. The van der Waals surface area contributed by atoms with E-state index in [9.17, 15) is 4.79 Å². The Balaban J connectivity index is 0.00000220. The molecule has 7 heteroatoms. The maximum atomic E-state index is 11.9. The van der Waals surface area contributed by atoms with Gasteiger partial charge in [-0.05, 0) is 31.3 Å². The molecule has 0 saturated carbocycles. The van der Waals surface area contributed by atoms with Gasteiger partial charge in [-0.3, -0.25) is 4.79 Å². The van der Waals surface area contributed by atoms with Crippen LogP contribution in [0.4, 0.5) is 5.69 Å². The Labute approximate surface area is 144 Å². The zero-order chi connectivity index (χ0) is 14.4. The van der Waals surface area contributed by atoms with Crippen molar-refractivity contribution in [3.05, 3.63) is 24.3 Å². The van der Waals surface area contributed by atoms with E-state index in [1.165, 1.54) is 0 Å². The van der Waals surface area contributed by atoms with E-state index in [4.69, 9.17) is 4.74 Å². The van der Waals surface area contributed by atoms with Gasteiger partial charge in [0.2, 0.25) is 5.91 Å². The van der Waals surface area contributed by atoms with Crippen LogP contribution < -0.4 is 10.1 Å². The van der Waals surface area contributed by atoms with Crippen LogP contribution in [0.5, 0.6) is 5.75 Å². The van der Waals surface area contributed by atoms with Crippen LogP contribution in [0.1, 0.15) is 6.42 Å². The molecule has 1 fully saturated rings. The van der Waals surface area contributed by atoms with Crippen molar-refractivity contribution in [2.24, 2.45) is 0 Å². The lowest BCUT2D eigenvalue weighted by atomic mass is 10.2. The van der Waals surface area contributed by atoms with Gasteiger partial charge in [-0.15, -0.1) is 24.8 Å². The predicted molar refractivity (Wildman–Crippen MR) is 94.7 cm³/mol. The van der Waals surface area contributed by atoms with Crippen LogP contribution >= 0.6 is 24.8 Å². The quantitative estimate of drug-likeness (QED) is 0.884. The summed E-state index contributed by atoms with van der Waals surface area (Å²) in [6, 6.07) is 7.39. The second-order valence-corrected chi connectivity index (χ2v) is 5.17. The maximum Gasteiger partial charge on any atom is 0.225 e. The van der Waals surface area contributed by atoms with Crippen LogP contribution in [0.25, 0.3) is 0 Å². The summed E-state index contributed by atoms with van der Waals surface area (Å²) in [5.74, 6) is 0.856. The zero-order valence-electron chi connectivity index (χ0n) is 13.1. The lowest BCUT2D eigenvalue weighted by molar-refractivity contribution is -0.116. The molecular formula is C15H25Cl2N3O2. The van der Waals surface area contributed by atoms with Crippen LogP contribution in [-0.4, -0.2) is 62.6 Å². The Morgan fingerprint density at radius 2 is 1.73 bits per heavy atom. The number of methoxy groups -OCH3 is 1.